The number of amides is 1. The van der Waals surface area contributed by atoms with E-state index in [2.05, 4.69) is 0 Å². The van der Waals surface area contributed by atoms with Gasteiger partial charge in [0.15, 0.2) is 0 Å². The van der Waals surface area contributed by atoms with E-state index in [4.69, 9.17) is 10.8 Å². The highest BCUT2D eigenvalue weighted by molar-refractivity contribution is 5.66. The van der Waals surface area contributed by atoms with Crippen LogP contribution in [0.4, 0.5) is 4.79 Å². The molecule has 0 aromatic heterocycles. The number of piperidine rings is 1. The minimum absolute atomic E-state index is 0.103. The molecule has 0 aromatic carbocycles. The number of nitrogens with two attached hydrogens (primary N) is 1. The minimum Gasteiger partial charge on any atom is -0.465 e. The number of nitrogens with zero attached hydrogens (tertiary/aromatic N) is 1. The largest absolute Gasteiger partial charge is 0.465 e. The molecule has 1 heterocycles. The zero-order chi connectivity index (χ0) is 10.8. The van der Waals surface area contributed by atoms with E-state index in [0.717, 1.165) is 25.7 Å². The lowest BCUT2D eigenvalue weighted by molar-refractivity contribution is 0.00957. The molecule has 1 amide bonds. The van der Waals surface area contributed by atoms with Crippen LogP contribution in [0, 0.1) is 0 Å². The molecule has 0 aromatic rings. The summed E-state index contributed by atoms with van der Waals surface area (Å²) in [5.41, 5.74) is 5.48. The third-order valence-electron chi connectivity index (χ3n) is 3.28. The Bertz CT molecular complexity index is 220. The molecule has 1 rings (SSSR count). The smallest absolute Gasteiger partial charge is 0.409 e. The topological polar surface area (TPSA) is 66.6 Å². The second-order valence-electron chi connectivity index (χ2n) is 4.06. The maximum Gasteiger partial charge on any atom is 0.409 e. The van der Waals surface area contributed by atoms with Gasteiger partial charge in [0.05, 0.1) is 5.66 Å². The molecular weight excluding hydrogens is 180 g/mol. The second-order valence-corrected chi connectivity index (χ2v) is 4.06. The molecule has 1 aliphatic heterocycles. The Hall–Kier alpha value is -0.770. The highest BCUT2D eigenvalue weighted by Crippen LogP contribution is 2.31. The van der Waals surface area contributed by atoms with Crippen molar-refractivity contribution in [3.05, 3.63) is 0 Å². The zero-order valence-electron chi connectivity index (χ0n) is 8.99. The Kier molecular flexibility index (Phi) is 3.37. The van der Waals surface area contributed by atoms with Gasteiger partial charge < -0.3 is 10.8 Å². The molecule has 14 heavy (non-hydrogen) atoms. The summed E-state index contributed by atoms with van der Waals surface area (Å²) in [7, 11) is 0. The molecule has 1 fully saturated rings. The Morgan fingerprint density at radius 2 is 2.29 bits per heavy atom. The van der Waals surface area contributed by atoms with Crippen molar-refractivity contribution in [1.29, 1.82) is 0 Å². The van der Waals surface area contributed by atoms with E-state index in [-0.39, 0.29) is 6.04 Å². The van der Waals surface area contributed by atoms with Crippen LogP contribution in [0.3, 0.4) is 0 Å². The van der Waals surface area contributed by atoms with Crippen molar-refractivity contribution in [2.45, 2.75) is 57.7 Å². The summed E-state index contributed by atoms with van der Waals surface area (Å²) in [6.45, 7) is 3.97. The van der Waals surface area contributed by atoms with E-state index < -0.39 is 11.8 Å². The minimum atomic E-state index is -0.874. The van der Waals surface area contributed by atoms with Crippen LogP contribution < -0.4 is 5.73 Å². The third-order valence-corrected chi connectivity index (χ3v) is 3.28. The fraction of sp³-hybridized carbons (Fsp3) is 0.900. The molecule has 2 unspecified atom stereocenters. The van der Waals surface area contributed by atoms with Crippen LogP contribution in [0.2, 0.25) is 0 Å². The standard InChI is InChI=1S/C10H20N2O2/c1-3-8-6-5-7-10(11,4-2)12(8)9(13)14/h8H,3-7,11H2,1-2H3,(H,13,14). The summed E-state index contributed by atoms with van der Waals surface area (Å²) in [6, 6.07) is 0.103. The van der Waals surface area contributed by atoms with Crippen molar-refractivity contribution in [3.8, 4) is 0 Å². The summed E-state index contributed by atoms with van der Waals surface area (Å²) < 4.78 is 0. The van der Waals surface area contributed by atoms with Gasteiger partial charge in [-0.2, -0.15) is 0 Å². The molecular formula is C10H20N2O2. The van der Waals surface area contributed by atoms with Crippen molar-refractivity contribution in [2.75, 3.05) is 0 Å². The van der Waals surface area contributed by atoms with Gasteiger partial charge in [-0.1, -0.05) is 13.8 Å². The van der Waals surface area contributed by atoms with E-state index in [0.29, 0.717) is 6.42 Å². The predicted molar refractivity (Wildman–Crippen MR) is 55.0 cm³/mol. The van der Waals surface area contributed by atoms with Crippen LogP contribution in [-0.4, -0.2) is 27.8 Å². The Morgan fingerprint density at radius 1 is 1.64 bits per heavy atom. The first-order valence-corrected chi connectivity index (χ1v) is 5.36. The molecule has 4 heteroatoms. The summed E-state index contributed by atoms with van der Waals surface area (Å²) in [4.78, 5) is 12.6. The van der Waals surface area contributed by atoms with Crippen LogP contribution in [0.5, 0.6) is 0 Å². The Balaban J connectivity index is 2.89. The number of carboxylic acid groups (broad SMARTS) is 1. The van der Waals surface area contributed by atoms with Crippen LogP contribution in [0.1, 0.15) is 46.0 Å². The van der Waals surface area contributed by atoms with Gasteiger partial charge in [0, 0.05) is 6.04 Å². The molecule has 4 nitrogen and oxygen atoms in total. The molecule has 0 spiro atoms. The van der Waals surface area contributed by atoms with E-state index >= 15 is 0 Å². The lowest BCUT2D eigenvalue weighted by atomic mass is 9.88. The summed E-state index contributed by atoms with van der Waals surface area (Å²) in [5, 5.41) is 9.15. The van der Waals surface area contributed by atoms with Gasteiger partial charge in [-0.25, -0.2) is 4.79 Å². The molecule has 0 aliphatic carbocycles. The summed E-state index contributed by atoms with van der Waals surface area (Å²) in [6.07, 6.45) is 3.43. The van der Waals surface area contributed by atoms with Gasteiger partial charge >= 0.3 is 6.09 Å². The van der Waals surface area contributed by atoms with E-state index in [1.54, 1.807) is 0 Å². The molecule has 2 atom stereocenters. The molecule has 0 radical (unpaired) electrons. The number of hydrogen-bond acceptors (Lipinski definition) is 2. The van der Waals surface area contributed by atoms with Crippen molar-refractivity contribution < 1.29 is 9.90 Å². The molecule has 3 N–H and O–H groups in total. The van der Waals surface area contributed by atoms with Crippen molar-refractivity contribution in [3.63, 3.8) is 0 Å². The van der Waals surface area contributed by atoms with Crippen molar-refractivity contribution >= 4 is 6.09 Å². The fourth-order valence-corrected chi connectivity index (χ4v) is 2.34. The van der Waals surface area contributed by atoms with Gasteiger partial charge in [-0.3, -0.25) is 4.90 Å². The number of hydrogen-bond donors (Lipinski definition) is 2. The normalized spacial score (nSPS) is 33.1. The first-order chi connectivity index (χ1) is 6.55. The summed E-state index contributed by atoms with van der Waals surface area (Å²) >= 11 is 0. The first kappa shape index (κ1) is 11.3. The molecule has 0 saturated carbocycles. The van der Waals surface area contributed by atoms with E-state index in [1.807, 2.05) is 13.8 Å². The van der Waals surface area contributed by atoms with Crippen molar-refractivity contribution in [2.24, 2.45) is 5.73 Å². The van der Waals surface area contributed by atoms with Crippen LogP contribution in [0.25, 0.3) is 0 Å². The highest BCUT2D eigenvalue weighted by atomic mass is 16.4. The summed E-state index contributed by atoms with van der Waals surface area (Å²) in [5.74, 6) is 0. The lowest BCUT2D eigenvalue weighted by Gasteiger charge is -2.47. The number of likely N-dealkylation sites (tertiary alicyclic amines) is 1. The zero-order valence-corrected chi connectivity index (χ0v) is 8.99. The van der Waals surface area contributed by atoms with E-state index in [9.17, 15) is 4.79 Å². The average Bonchev–Trinajstić information content (AvgIpc) is 2.16. The number of carbonyl (C=O) groups is 1. The quantitative estimate of drug-likeness (QED) is 0.716. The molecule has 82 valence electrons. The van der Waals surface area contributed by atoms with Gasteiger partial charge in [0.2, 0.25) is 0 Å². The highest BCUT2D eigenvalue weighted by Gasteiger charge is 2.41. The lowest BCUT2D eigenvalue weighted by Crippen LogP contribution is -2.63. The Labute approximate surface area is 85.1 Å². The maximum absolute atomic E-state index is 11.1. The second kappa shape index (κ2) is 4.17. The monoisotopic (exact) mass is 200 g/mol. The van der Waals surface area contributed by atoms with Gasteiger partial charge in [-0.15, -0.1) is 0 Å². The van der Waals surface area contributed by atoms with Gasteiger partial charge in [0.1, 0.15) is 0 Å². The average molecular weight is 200 g/mol. The van der Waals surface area contributed by atoms with Crippen molar-refractivity contribution in [1.82, 2.24) is 4.90 Å². The number of rotatable bonds is 2. The van der Waals surface area contributed by atoms with E-state index in [1.165, 1.54) is 4.90 Å². The van der Waals surface area contributed by atoms with Gasteiger partial charge in [0.25, 0.3) is 0 Å². The SMILES string of the molecule is CCC1CCCC(N)(CC)N1C(=O)O. The fourth-order valence-electron chi connectivity index (χ4n) is 2.34. The Morgan fingerprint density at radius 3 is 2.71 bits per heavy atom. The van der Waals surface area contributed by atoms with Crippen LogP contribution >= 0.6 is 0 Å². The third kappa shape index (κ3) is 1.85. The molecule has 1 aliphatic rings. The predicted octanol–water partition coefficient (Wildman–Crippen LogP) is 1.99. The molecule has 1 saturated heterocycles. The van der Waals surface area contributed by atoms with Crippen LogP contribution in [0.15, 0.2) is 0 Å². The first-order valence-electron chi connectivity index (χ1n) is 5.36. The van der Waals surface area contributed by atoms with Gasteiger partial charge in [-0.05, 0) is 32.1 Å². The molecule has 0 bridgehead atoms. The maximum atomic E-state index is 11.1. The van der Waals surface area contributed by atoms with Crippen LogP contribution in [-0.2, 0) is 0 Å².